The van der Waals surface area contributed by atoms with Crippen molar-refractivity contribution in [1.29, 1.82) is 0 Å². The van der Waals surface area contributed by atoms with Crippen LogP contribution < -0.4 is 0 Å². The molecule has 0 aliphatic heterocycles. The molecule has 0 rings (SSSR count). The lowest BCUT2D eigenvalue weighted by atomic mass is 10.1. The highest BCUT2D eigenvalue weighted by molar-refractivity contribution is 4.91. The van der Waals surface area contributed by atoms with E-state index >= 15 is 0 Å². The third kappa shape index (κ3) is 11.6. The first kappa shape index (κ1) is 14.7. The van der Waals surface area contributed by atoms with Crippen LogP contribution in [0.15, 0.2) is 11.9 Å². The van der Waals surface area contributed by atoms with Crippen molar-refractivity contribution in [1.82, 2.24) is 0 Å². The van der Waals surface area contributed by atoms with E-state index in [4.69, 9.17) is 0 Å². The monoisotopic (exact) mass is 214 g/mol. The summed E-state index contributed by atoms with van der Waals surface area (Å²) in [5.41, 5.74) is 0. The van der Waals surface area contributed by atoms with E-state index in [-0.39, 0.29) is 5.83 Å². The first-order valence-corrected chi connectivity index (χ1v) is 6.65. The summed E-state index contributed by atoms with van der Waals surface area (Å²) in [6, 6.07) is 0. The van der Waals surface area contributed by atoms with Gasteiger partial charge in [-0.2, -0.15) is 0 Å². The lowest BCUT2D eigenvalue weighted by molar-refractivity contribution is 0.545. The summed E-state index contributed by atoms with van der Waals surface area (Å²) in [6.07, 6.45) is 13.0. The Labute approximate surface area is 95.0 Å². The molecule has 0 spiro atoms. The fraction of sp³-hybridized carbons (Fsp3) is 0.857. The predicted octanol–water partition coefficient (Wildman–Crippen LogP) is 5.78. The number of hydrogen-bond acceptors (Lipinski definition) is 0. The molecule has 0 radical (unpaired) electrons. The van der Waals surface area contributed by atoms with Gasteiger partial charge in [0.1, 0.15) is 0 Å². The smallest absolute Gasteiger partial charge is 0.0959 e. The first-order valence-electron chi connectivity index (χ1n) is 6.65. The maximum atomic E-state index is 13.2. The Hall–Kier alpha value is -0.330. The molecule has 0 atom stereocenters. The van der Waals surface area contributed by atoms with Gasteiger partial charge in [-0.25, -0.2) is 4.39 Å². The molecule has 0 unspecified atom stereocenters. The highest BCUT2D eigenvalue weighted by Gasteiger charge is 1.95. The van der Waals surface area contributed by atoms with Crippen LogP contribution in [0.1, 0.15) is 78.1 Å². The molecule has 0 nitrogen and oxygen atoms in total. The van der Waals surface area contributed by atoms with E-state index in [1.165, 1.54) is 38.5 Å². The van der Waals surface area contributed by atoms with Gasteiger partial charge in [0.05, 0.1) is 5.83 Å². The molecule has 0 saturated heterocycles. The zero-order chi connectivity index (χ0) is 11.4. The molecule has 0 bridgehead atoms. The van der Waals surface area contributed by atoms with Crippen LogP contribution in [-0.2, 0) is 0 Å². The van der Waals surface area contributed by atoms with Gasteiger partial charge >= 0.3 is 0 Å². The molecule has 0 aliphatic rings. The summed E-state index contributed by atoms with van der Waals surface area (Å²) in [5, 5.41) is 0. The average molecular weight is 214 g/mol. The minimum atomic E-state index is 0.114. The standard InChI is InChI=1S/C14H27F/c1-3-5-7-9-11-13-14(15)12-10-8-6-4-2/h13H,3-12H2,1-2H3. The summed E-state index contributed by atoms with van der Waals surface area (Å²) >= 11 is 0. The van der Waals surface area contributed by atoms with Crippen LogP contribution in [0, 0.1) is 0 Å². The Morgan fingerprint density at radius 3 is 2.07 bits per heavy atom. The zero-order valence-corrected chi connectivity index (χ0v) is 10.5. The number of unbranched alkanes of at least 4 members (excludes halogenated alkanes) is 7. The number of halogens is 1. The molecule has 0 fully saturated rings. The van der Waals surface area contributed by atoms with E-state index in [1.807, 2.05) is 0 Å². The van der Waals surface area contributed by atoms with Crippen molar-refractivity contribution in [2.24, 2.45) is 0 Å². The van der Waals surface area contributed by atoms with E-state index in [2.05, 4.69) is 13.8 Å². The van der Waals surface area contributed by atoms with Crippen LogP contribution in [0.5, 0.6) is 0 Å². The van der Waals surface area contributed by atoms with Crippen LogP contribution in [-0.4, -0.2) is 0 Å². The Bertz CT molecular complexity index is 149. The molecule has 15 heavy (non-hydrogen) atoms. The molecule has 0 aromatic rings. The van der Waals surface area contributed by atoms with Crippen molar-refractivity contribution < 1.29 is 4.39 Å². The molecule has 0 heterocycles. The maximum Gasteiger partial charge on any atom is 0.0959 e. The van der Waals surface area contributed by atoms with Crippen molar-refractivity contribution in [2.75, 3.05) is 0 Å². The van der Waals surface area contributed by atoms with Gasteiger partial charge in [-0.1, -0.05) is 58.4 Å². The first-order chi connectivity index (χ1) is 7.31. The van der Waals surface area contributed by atoms with Crippen LogP contribution in [0.3, 0.4) is 0 Å². The third-order valence-corrected chi connectivity index (χ3v) is 2.69. The maximum absolute atomic E-state index is 13.2. The predicted molar refractivity (Wildman–Crippen MR) is 66.7 cm³/mol. The molecule has 1 heteroatoms. The number of rotatable bonds is 10. The summed E-state index contributed by atoms with van der Waals surface area (Å²) < 4.78 is 13.2. The van der Waals surface area contributed by atoms with Crippen molar-refractivity contribution in [2.45, 2.75) is 78.1 Å². The SMILES string of the molecule is CCCCCCC=C(F)CCCCCC. The van der Waals surface area contributed by atoms with E-state index in [1.54, 1.807) is 6.08 Å². The van der Waals surface area contributed by atoms with Gasteiger partial charge in [0.2, 0.25) is 0 Å². The quantitative estimate of drug-likeness (QED) is 0.404. The topological polar surface area (TPSA) is 0 Å². The van der Waals surface area contributed by atoms with E-state index in [0.717, 1.165) is 19.3 Å². The summed E-state index contributed by atoms with van der Waals surface area (Å²) in [6.45, 7) is 4.38. The Kier molecular flexibility index (Phi) is 11.5. The van der Waals surface area contributed by atoms with Gasteiger partial charge in [0, 0.05) is 0 Å². The molecule has 0 aromatic heterocycles. The van der Waals surface area contributed by atoms with Crippen LogP contribution >= 0.6 is 0 Å². The summed E-state index contributed by atoms with van der Waals surface area (Å²) in [7, 11) is 0. The van der Waals surface area contributed by atoms with E-state index < -0.39 is 0 Å². The molecule has 0 N–H and O–H groups in total. The number of allylic oxidation sites excluding steroid dienone is 2. The Morgan fingerprint density at radius 2 is 1.47 bits per heavy atom. The number of hydrogen-bond donors (Lipinski definition) is 0. The van der Waals surface area contributed by atoms with E-state index in [9.17, 15) is 4.39 Å². The van der Waals surface area contributed by atoms with Crippen molar-refractivity contribution in [3.8, 4) is 0 Å². The lowest BCUT2D eigenvalue weighted by Gasteiger charge is -1.98. The minimum absolute atomic E-state index is 0.114. The highest BCUT2D eigenvalue weighted by Crippen LogP contribution is 2.13. The zero-order valence-electron chi connectivity index (χ0n) is 10.5. The summed E-state index contributed by atoms with van der Waals surface area (Å²) in [4.78, 5) is 0. The summed E-state index contributed by atoms with van der Waals surface area (Å²) in [5.74, 6) is 0.114. The molecular formula is C14H27F. The minimum Gasteiger partial charge on any atom is -0.212 e. The molecule has 0 amide bonds. The second kappa shape index (κ2) is 11.7. The molecular weight excluding hydrogens is 187 g/mol. The van der Waals surface area contributed by atoms with Crippen molar-refractivity contribution >= 4 is 0 Å². The second-order valence-electron chi connectivity index (χ2n) is 4.31. The molecule has 0 aliphatic carbocycles. The molecule has 0 saturated carbocycles. The van der Waals surface area contributed by atoms with Crippen molar-refractivity contribution in [3.05, 3.63) is 11.9 Å². The fourth-order valence-corrected chi connectivity index (χ4v) is 1.65. The Morgan fingerprint density at radius 1 is 0.867 bits per heavy atom. The van der Waals surface area contributed by atoms with Crippen molar-refractivity contribution in [3.63, 3.8) is 0 Å². The van der Waals surface area contributed by atoms with Crippen LogP contribution in [0.25, 0.3) is 0 Å². The van der Waals surface area contributed by atoms with Gasteiger partial charge in [-0.05, 0) is 25.7 Å². The van der Waals surface area contributed by atoms with Crippen LogP contribution in [0.2, 0.25) is 0 Å². The molecule has 90 valence electrons. The van der Waals surface area contributed by atoms with Gasteiger partial charge < -0.3 is 0 Å². The normalized spacial score (nSPS) is 12.1. The average Bonchev–Trinajstić information content (AvgIpc) is 2.24. The largest absolute Gasteiger partial charge is 0.212 e. The molecule has 0 aromatic carbocycles. The van der Waals surface area contributed by atoms with Crippen LogP contribution in [0.4, 0.5) is 4.39 Å². The van der Waals surface area contributed by atoms with Gasteiger partial charge in [-0.15, -0.1) is 0 Å². The van der Waals surface area contributed by atoms with Gasteiger partial charge in [0.25, 0.3) is 0 Å². The third-order valence-electron chi connectivity index (χ3n) is 2.69. The fourth-order valence-electron chi connectivity index (χ4n) is 1.65. The van der Waals surface area contributed by atoms with Gasteiger partial charge in [-0.3, -0.25) is 0 Å². The van der Waals surface area contributed by atoms with Gasteiger partial charge in [0.15, 0.2) is 0 Å². The van der Waals surface area contributed by atoms with E-state index in [0.29, 0.717) is 6.42 Å². The highest BCUT2D eigenvalue weighted by atomic mass is 19.1. The lowest BCUT2D eigenvalue weighted by Crippen LogP contribution is -1.80. The second-order valence-corrected chi connectivity index (χ2v) is 4.31. The Balaban J connectivity index is 3.27.